The third-order valence-corrected chi connectivity index (χ3v) is 4.75. The zero-order valence-electron chi connectivity index (χ0n) is 11.5. The molecule has 1 saturated heterocycles. The Hall–Kier alpha value is -1.15. The molecule has 1 aromatic rings. The highest BCUT2D eigenvalue weighted by atomic mass is 32.2. The molecule has 0 aliphatic carbocycles. The Morgan fingerprint density at radius 2 is 2.25 bits per heavy atom. The van der Waals surface area contributed by atoms with Crippen molar-refractivity contribution < 1.29 is 23.0 Å². The number of methoxy groups -OCH3 is 1. The molecule has 6 nitrogen and oxygen atoms in total. The van der Waals surface area contributed by atoms with E-state index in [2.05, 4.69) is 4.72 Å². The lowest BCUT2D eigenvalue weighted by Crippen LogP contribution is -2.43. The Kier molecular flexibility index (Phi) is 4.33. The van der Waals surface area contributed by atoms with Gasteiger partial charge in [0.25, 0.3) is 0 Å². The first-order valence-electron chi connectivity index (χ1n) is 6.31. The number of benzene rings is 1. The highest BCUT2D eigenvalue weighted by molar-refractivity contribution is 7.89. The van der Waals surface area contributed by atoms with E-state index in [0.29, 0.717) is 18.8 Å². The minimum absolute atomic E-state index is 0.0551. The zero-order chi connectivity index (χ0) is 14.8. The third kappa shape index (κ3) is 3.29. The first-order chi connectivity index (χ1) is 9.36. The van der Waals surface area contributed by atoms with Gasteiger partial charge in [0.15, 0.2) is 0 Å². The summed E-state index contributed by atoms with van der Waals surface area (Å²) in [5.41, 5.74) is -0.382. The van der Waals surface area contributed by atoms with E-state index < -0.39 is 15.6 Å². The Balaban J connectivity index is 2.12. The van der Waals surface area contributed by atoms with Gasteiger partial charge in [0.1, 0.15) is 11.4 Å². The quantitative estimate of drug-likeness (QED) is 0.824. The normalized spacial score (nSPS) is 22.9. The smallest absolute Gasteiger partial charge is 0.240 e. The van der Waals surface area contributed by atoms with Gasteiger partial charge in [0.05, 0.1) is 18.6 Å². The number of hydrogen-bond donors (Lipinski definition) is 2. The van der Waals surface area contributed by atoms with E-state index in [1.165, 1.54) is 19.2 Å². The predicted molar refractivity (Wildman–Crippen MR) is 73.3 cm³/mol. The topological polar surface area (TPSA) is 84.9 Å². The lowest BCUT2D eigenvalue weighted by molar-refractivity contribution is 0.0314. The Morgan fingerprint density at radius 3 is 2.80 bits per heavy atom. The predicted octanol–water partition coefficient (Wildman–Crippen LogP) is 0.433. The van der Waals surface area contributed by atoms with Crippen molar-refractivity contribution in [2.45, 2.75) is 23.8 Å². The van der Waals surface area contributed by atoms with Crippen LogP contribution in [-0.2, 0) is 14.8 Å². The molecule has 0 amide bonds. The van der Waals surface area contributed by atoms with Crippen molar-refractivity contribution in [2.75, 3.05) is 26.9 Å². The maximum atomic E-state index is 12.2. The molecule has 112 valence electrons. The van der Waals surface area contributed by atoms with Crippen LogP contribution < -0.4 is 9.46 Å². The molecule has 0 aromatic heterocycles. The second-order valence-corrected chi connectivity index (χ2v) is 6.75. The third-order valence-electron chi connectivity index (χ3n) is 3.35. The number of sulfonamides is 1. The van der Waals surface area contributed by atoms with Gasteiger partial charge in [-0.25, -0.2) is 13.1 Å². The van der Waals surface area contributed by atoms with Crippen LogP contribution in [0.5, 0.6) is 5.75 Å². The van der Waals surface area contributed by atoms with Crippen LogP contribution in [0.2, 0.25) is 0 Å². The molecule has 1 aromatic carbocycles. The zero-order valence-corrected chi connectivity index (χ0v) is 12.4. The van der Waals surface area contributed by atoms with E-state index in [4.69, 9.17) is 9.47 Å². The second-order valence-electron chi connectivity index (χ2n) is 4.98. The van der Waals surface area contributed by atoms with Crippen molar-refractivity contribution >= 4 is 10.0 Å². The van der Waals surface area contributed by atoms with Crippen LogP contribution in [0.15, 0.2) is 23.1 Å². The molecule has 20 heavy (non-hydrogen) atoms. The standard InChI is InChI=1S/C13H19NO5S/c1-10-7-11(3-4-12(10)18-2)20(16,17)14-8-13(15)5-6-19-9-13/h3-4,7,14-15H,5-6,8-9H2,1-2H3. The average molecular weight is 301 g/mol. The number of nitrogens with one attached hydrogen (secondary N) is 1. The molecule has 1 aliphatic rings. The van der Waals surface area contributed by atoms with Crippen molar-refractivity contribution in [1.82, 2.24) is 4.72 Å². The average Bonchev–Trinajstić information content (AvgIpc) is 2.84. The van der Waals surface area contributed by atoms with Crippen LogP contribution in [-0.4, -0.2) is 46.0 Å². The first-order valence-corrected chi connectivity index (χ1v) is 7.79. The number of aliphatic hydroxyl groups is 1. The summed E-state index contributed by atoms with van der Waals surface area (Å²) in [4.78, 5) is 0.151. The Labute approximate surface area is 118 Å². The summed E-state index contributed by atoms with van der Waals surface area (Å²) in [7, 11) is -2.12. The SMILES string of the molecule is COc1ccc(S(=O)(=O)NCC2(O)CCOC2)cc1C. The molecule has 1 unspecified atom stereocenters. The monoisotopic (exact) mass is 301 g/mol. The number of aryl methyl sites for hydroxylation is 1. The highest BCUT2D eigenvalue weighted by Gasteiger charge is 2.33. The van der Waals surface area contributed by atoms with Crippen LogP contribution in [0.1, 0.15) is 12.0 Å². The number of ether oxygens (including phenoxy) is 2. The molecule has 0 bridgehead atoms. The van der Waals surface area contributed by atoms with Crippen molar-refractivity contribution in [3.63, 3.8) is 0 Å². The minimum atomic E-state index is -3.65. The van der Waals surface area contributed by atoms with Crippen LogP contribution >= 0.6 is 0 Å². The molecule has 1 fully saturated rings. The van der Waals surface area contributed by atoms with E-state index in [9.17, 15) is 13.5 Å². The molecule has 1 aliphatic heterocycles. The summed E-state index contributed by atoms with van der Waals surface area (Å²) in [5, 5.41) is 10.1. The molecular weight excluding hydrogens is 282 g/mol. The fourth-order valence-corrected chi connectivity index (χ4v) is 3.27. The molecule has 0 radical (unpaired) electrons. The minimum Gasteiger partial charge on any atom is -0.496 e. The fourth-order valence-electron chi connectivity index (χ4n) is 2.07. The van der Waals surface area contributed by atoms with Gasteiger partial charge >= 0.3 is 0 Å². The maximum absolute atomic E-state index is 12.2. The van der Waals surface area contributed by atoms with Crippen molar-refractivity contribution in [3.05, 3.63) is 23.8 Å². The summed E-state index contributed by atoms with van der Waals surface area (Å²) in [6.07, 6.45) is 0.428. The van der Waals surface area contributed by atoms with E-state index >= 15 is 0 Å². The lowest BCUT2D eigenvalue weighted by atomic mass is 10.1. The van der Waals surface area contributed by atoms with Gasteiger partial charge in [0.2, 0.25) is 10.0 Å². The van der Waals surface area contributed by atoms with Crippen LogP contribution in [0.4, 0.5) is 0 Å². The summed E-state index contributed by atoms with van der Waals surface area (Å²) in [5.74, 6) is 0.631. The second kappa shape index (κ2) is 5.69. The molecule has 1 heterocycles. The lowest BCUT2D eigenvalue weighted by Gasteiger charge is -2.20. The number of hydrogen-bond acceptors (Lipinski definition) is 5. The first kappa shape index (κ1) is 15.2. The molecule has 0 spiro atoms. The van der Waals surface area contributed by atoms with E-state index in [-0.39, 0.29) is 18.0 Å². The molecular formula is C13H19NO5S. The van der Waals surface area contributed by atoms with Crippen molar-refractivity contribution in [1.29, 1.82) is 0 Å². The van der Waals surface area contributed by atoms with Gasteiger partial charge in [0, 0.05) is 19.6 Å². The summed E-state index contributed by atoms with van der Waals surface area (Å²) in [6.45, 7) is 2.31. The number of rotatable bonds is 5. The van der Waals surface area contributed by atoms with Crippen molar-refractivity contribution in [3.8, 4) is 5.75 Å². The van der Waals surface area contributed by atoms with Crippen LogP contribution in [0.3, 0.4) is 0 Å². The Morgan fingerprint density at radius 1 is 1.50 bits per heavy atom. The van der Waals surface area contributed by atoms with Crippen LogP contribution in [0.25, 0.3) is 0 Å². The fraction of sp³-hybridized carbons (Fsp3) is 0.538. The van der Waals surface area contributed by atoms with Gasteiger partial charge in [-0.2, -0.15) is 0 Å². The van der Waals surface area contributed by atoms with Gasteiger partial charge in [-0.05, 0) is 30.7 Å². The summed E-state index contributed by atoms with van der Waals surface area (Å²) in [6, 6.07) is 4.62. The van der Waals surface area contributed by atoms with Gasteiger partial charge in [-0.3, -0.25) is 0 Å². The molecule has 7 heteroatoms. The van der Waals surface area contributed by atoms with Gasteiger partial charge in [-0.1, -0.05) is 0 Å². The van der Waals surface area contributed by atoms with Gasteiger partial charge in [-0.15, -0.1) is 0 Å². The largest absolute Gasteiger partial charge is 0.496 e. The summed E-state index contributed by atoms with van der Waals surface area (Å²) < 4.78 is 37.0. The van der Waals surface area contributed by atoms with E-state index in [0.717, 1.165) is 5.56 Å². The maximum Gasteiger partial charge on any atom is 0.240 e. The van der Waals surface area contributed by atoms with E-state index in [1.54, 1.807) is 13.0 Å². The highest BCUT2D eigenvalue weighted by Crippen LogP contribution is 2.22. The molecule has 2 N–H and O–H groups in total. The summed E-state index contributed by atoms with van der Waals surface area (Å²) >= 11 is 0. The molecule has 1 atom stereocenters. The van der Waals surface area contributed by atoms with E-state index in [1.807, 2.05) is 0 Å². The van der Waals surface area contributed by atoms with Gasteiger partial charge < -0.3 is 14.6 Å². The molecule has 0 saturated carbocycles. The van der Waals surface area contributed by atoms with Crippen molar-refractivity contribution in [2.24, 2.45) is 0 Å². The molecule has 2 rings (SSSR count). The Bertz CT molecular complexity index is 578. The van der Waals surface area contributed by atoms with Crippen LogP contribution in [0, 0.1) is 6.92 Å².